The molecule has 3 heteroatoms. The van der Waals surface area contributed by atoms with Gasteiger partial charge in [0.15, 0.2) is 0 Å². The quantitative estimate of drug-likeness (QED) is 0.814. The van der Waals surface area contributed by atoms with Gasteiger partial charge in [0, 0.05) is 35.3 Å². The minimum Gasteiger partial charge on any atom is -0.311 e. The molecule has 1 aliphatic rings. The fourth-order valence-corrected chi connectivity index (χ4v) is 3.02. The summed E-state index contributed by atoms with van der Waals surface area (Å²) >= 11 is 2.36. The van der Waals surface area contributed by atoms with Gasteiger partial charge >= 0.3 is 0 Å². The number of hydrogen-bond acceptors (Lipinski definition) is 2. The van der Waals surface area contributed by atoms with Crippen molar-refractivity contribution in [2.75, 3.05) is 13.1 Å². The Kier molecular flexibility index (Phi) is 5.66. The number of halogens is 1. The Hall–Kier alpha value is -0.130. The molecular formula is C16H25IN2. The molecule has 0 saturated carbocycles. The van der Waals surface area contributed by atoms with E-state index in [0.29, 0.717) is 12.1 Å². The maximum Gasteiger partial charge on any atom is 0.0237 e. The van der Waals surface area contributed by atoms with E-state index < -0.39 is 0 Å². The van der Waals surface area contributed by atoms with Crippen molar-refractivity contribution in [1.82, 2.24) is 10.2 Å². The Morgan fingerprint density at radius 2 is 2.05 bits per heavy atom. The van der Waals surface area contributed by atoms with Gasteiger partial charge in [0.25, 0.3) is 0 Å². The standard InChI is InChI=1S/C16H25IN2/c1-4-12(2)16-11-19(13(3)9-18-16)10-14-5-7-15(17)8-6-14/h5-8,12-13,16,18H,4,9-11H2,1-3H3. The van der Waals surface area contributed by atoms with Crippen molar-refractivity contribution >= 4 is 22.6 Å². The third kappa shape index (κ3) is 4.17. The minimum absolute atomic E-state index is 0.625. The zero-order valence-corrected chi connectivity index (χ0v) is 14.4. The summed E-state index contributed by atoms with van der Waals surface area (Å²) in [5.74, 6) is 0.756. The van der Waals surface area contributed by atoms with Gasteiger partial charge in [-0.3, -0.25) is 4.90 Å². The highest BCUT2D eigenvalue weighted by Gasteiger charge is 2.27. The number of hydrogen-bond donors (Lipinski definition) is 1. The first-order valence-corrected chi connectivity index (χ1v) is 8.40. The second kappa shape index (κ2) is 7.04. The Bertz CT molecular complexity index is 390. The first kappa shape index (κ1) is 15.3. The molecule has 2 nitrogen and oxygen atoms in total. The van der Waals surface area contributed by atoms with Gasteiger partial charge in [-0.15, -0.1) is 0 Å². The average Bonchev–Trinajstić information content (AvgIpc) is 2.43. The lowest BCUT2D eigenvalue weighted by Gasteiger charge is -2.41. The maximum absolute atomic E-state index is 3.70. The zero-order valence-electron chi connectivity index (χ0n) is 12.2. The van der Waals surface area contributed by atoms with Gasteiger partial charge in [-0.05, 0) is 53.1 Å². The molecule has 0 radical (unpaired) electrons. The molecule has 1 fully saturated rings. The van der Waals surface area contributed by atoms with Crippen molar-refractivity contribution in [2.24, 2.45) is 5.92 Å². The Labute approximate surface area is 131 Å². The predicted molar refractivity (Wildman–Crippen MR) is 90.3 cm³/mol. The summed E-state index contributed by atoms with van der Waals surface area (Å²) in [6.45, 7) is 10.3. The summed E-state index contributed by atoms with van der Waals surface area (Å²) in [7, 11) is 0. The van der Waals surface area contributed by atoms with Crippen molar-refractivity contribution in [1.29, 1.82) is 0 Å². The van der Waals surface area contributed by atoms with E-state index in [2.05, 4.69) is 77.8 Å². The van der Waals surface area contributed by atoms with E-state index in [1.807, 2.05) is 0 Å². The summed E-state index contributed by atoms with van der Waals surface area (Å²) < 4.78 is 1.31. The van der Waals surface area contributed by atoms with Crippen LogP contribution in [0.2, 0.25) is 0 Å². The van der Waals surface area contributed by atoms with E-state index in [-0.39, 0.29) is 0 Å². The van der Waals surface area contributed by atoms with Gasteiger partial charge in [-0.25, -0.2) is 0 Å². The third-order valence-corrected chi connectivity index (χ3v) is 5.08. The van der Waals surface area contributed by atoms with Crippen LogP contribution in [-0.4, -0.2) is 30.1 Å². The Balaban J connectivity index is 1.99. The van der Waals surface area contributed by atoms with Gasteiger partial charge in [-0.1, -0.05) is 32.4 Å². The van der Waals surface area contributed by atoms with Crippen LogP contribution in [0.25, 0.3) is 0 Å². The van der Waals surface area contributed by atoms with Crippen LogP contribution < -0.4 is 5.32 Å². The molecule has 2 rings (SSSR count). The molecular weight excluding hydrogens is 347 g/mol. The van der Waals surface area contributed by atoms with E-state index in [1.54, 1.807) is 0 Å². The van der Waals surface area contributed by atoms with Crippen molar-refractivity contribution in [3.05, 3.63) is 33.4 Å². The van der Waals surface area contributed by atoms with Gasteiger partial charge in [0.2, 0.25) is 0 Å². The van der Waals surface area contributed by atoms with Crippen LogP contribution in [0.1, 0.15) is 32.8 Å². The van der Waals surface area contributed by atoms with Gasteiger partial charge < -0.3 is 5.32 Å². The lowest BCUT2D eigenvalue weighted by Crippen LogP contribution is -2.56. The topological polar surface area (TPSA) is 15.3 Å². The summed E-state index contributed by atoms with van der Waals surface area (Å²) in [6, 6.07) is 10.2. The highest BCUT2D eigenvalue weighted by Crippen LogP contribution is 2.18. The normalized spacial score (nSPS) is 26.3. The fraction of sp³-hybridized carbons (Fsp3) is 0.625. The highest BCUT2D eigenvalue weighted by molar-refractivity contribution is 14.1. The minimum atomic E-state index is 0.625. The molecule has 19 heavy (non-hydrogen) atoms. The molecule has 1 heterocycles. The van der Waals surface area contributed by atoms with Crippen LogP contribution in [0.3, 0.4) is 0 Å². The van der Waals surface area contributed by atoms with Crippen LogP contribution in [0, 0.1) is 9.49 Å². The predicted octanol–water partition coefficient (Wildman–Crippen LogP) is 3.50. The van der Waals surface area contributed by atoms with Gasteiger partial charge in [0.1, 0.15) is 0 Å². The highest BCUT2D eigenvalue weighted by atomic mass is 127. The second-order valence-corrected chi connectivity index (χ2v) is 7.05. The molecule has 0 amide bonds. The van der Waals surface area contributed by atoms with Crippen molar-refractivity contribution in [3.63, 3.8) is 0 Å². The molecule has 1 aromatic rings. The van der Waals surface area contributed by atoms with E-state index in [1.165, 1.54) is 22.1 Å². The van der Waals surface area contributed by atoms with Crippen molar-refractivity contribution < 1.29 is 0 Å². The molecule has 0 aliphatic carbocycles. The molecule has 0 bridgehead atoms. The van der Waals surface area contributed by atoms with Crippen molar-refractivity contribution in [3.8, 4) is 0 Å². The SMILES string of the molecule is CCC(C)C1CN(Cc2ccc(I)cc2)C(C)CN1. The molecule has 1 aromatic carbocycles. The summed E-state index contributed by atoms with van der Waals surface area (Å²) in [4.78, 5) is 2.62. The Morgan fingerprint density at radius 3 is 2.68 bits per heavy atom. The average molecular weight is 372 g/mol. The molecule has 1 saturated heterocycles. The van der Waals surface area contributed by atoms with Gasteiger partial charge in [-0.2, -0.15) is 0 Å². The second-order valence-electron chi connectivity index (χ2n) is 5.81. The van der Waals surface area contributed by atoms with E-state index in [4.69, 9.17) is 0 Å². The molecule has 3 unspecified atom stereocenters. The molecule has 3 atom stereocenters. The van der Waals surface area contributed by atoms with Crippen LogP contribution >= 0.6 is 22.6 Å². The summed E-state index contributed by atoms with van der Waals surface area (Å²) in [6.07, 6.45) is 1.25. The summed E-state index contributed by atoms with van der Waals surface area (Å²) in [5, 5.41) is 3.70. The van der Waals surface area contributed by atoms with E-state index in [9.17, 15) is 0 Å². The number of nitrogens with one attached hydrogen (secondary N) is 1. The maximum atomic E-state index is 3.70. The molecule has 0 spiro atoms. The van der Waals surface area contributed by atoms with E-state index in [0.717, 1.165) is 19.0 Å². The Morgan fingerprint density at radius 1 is 1.37 bits per heavy atom. The fourth-order valence-electron chi connectivity index (χ4n) is 2.66. The monoisotopic (exact) mass is 372 g/mol. The first-order valence-electron chi connectivity index (χ1n) is 7.32. The molecule has 1 N–H and O–H groups in total. The van der Waals surface area contributed by atoms with Crippen LogP contribution in [-0.2, 0) is 6.54 Å². The summed E-state index contributed by atoms with van der Waals surface area (Å²) in [5.41, 5.74) is 1.43. The number of piperazine rings is 1. The van der Waals surface area contributed by atoms with Crippen LogP contribution in [0.4, 0.5) is 0 Å². The number of nitrogens with zero attached hydrogens (tertiary/aromatic N) is 1. The smallest absolute Gasteiger partial charge is 0.0237 e. The largest absolute Gasteiger partial charge is 0.311 e. The van der Waals surface area contributed by atoms with Crippen LogP contribution in [0.15, 0.2) is 24.3 Å². The first-order chi connectivity index (χ1) is 9.10. The van der Waals surface area contributed by atoms with Crippen LogP contribution in [0.5, 0.6) is 0 Å². The zero-order chi connectivity index (χ0) is 13.8. The molecule has 106 valence electrons. The lowest BCUT2D eigenvalue weighted by molar-refractivity contribution is 0.112. The van der Waals surface area contributed by atoms with Gasteiger partial charge in [0.05, 0.1) is 0 Å². The number of benzene rings is 1. The van der Waals surface area contributed by atoms with Crippen molar-refractivity contribution in [2.45, 2.75) is 45.8 Å². The molecule has 0 aromatic heterocycles. The number of rotatable bonds is 4. The molecule has 1 aliphatic heterocycles. The van der Waals surface area contributed by atoms with E-state index >= 15 is 0 Å². The third-order valence-electron chi connectivity index (χ3n) is 4.36. The lowest BCUT2D eigenvalue weighted by atomic mass is 9.95.